The molecular formula is C23H27N3O3S. The van der Waals surface area contributed by atoms with Gasteiger partial charge in [0, 0.05) is 31.1 Å². The van der Waals surface area contributed by atoms with Gasteiger partial charge in [-0.25, -0.2) is 0 Å². The van der Waals surface area contributed by atoms with Gasteiger partial charge in [-0.1, -0.05) is 0 Å². The summed E-state index contributed by atoms with van der Waals surface area (Å²) >= 11 is 5.71. The van der Waals surface area contributed by atoms with E-state index in [0.29, 0.717) is 16.4 Å². The number of ether oxygens (including phenoxy) is 1. The molecule has 1 aliphatic rings. The molecule has 0 atom stereocenters. The van der Waals surface area contributed by atoms with Crippen LogP contribution in [0, 0.1) is 17.6 Å². The molecule has 0 aliphatic carbocycles. The highest BCUT2D eigenvalue weighted by Crippen LogP contribution is 2.30. The first-order valence-corrected chi connectivity index (χ1v) is 10.6. The van der Waals surface area contributed by atoms with Crippen LogP contribution in [0.5, 0.6) is 11.6 Å². The van der Waals surface area contributed by atoms with Crippen molar-refractivity contribution < 1.29 is 14.9 Å². The first-order chi connectivity index (χ1) is 14.5. The van der Waals surface area contributed by atoms with Crippen LogP contribution in [0.15, 0.2) is 48.5 Å². The molecule has 1 saturated heterocycles. The number of nitrogens with zero attached hydrogens (tertiary/aromatic N) is 3. The van der Waals surface area contributed by atoms with E-state index in [0.717, 1.165) is 48.7 Å². The van der Waals surface area contributed by atoms with E-state index in [1.54, 1.807) is 11.7 Å². The van der Waals surface area contributed by atoms with Gasteiger partial charge in [-0.05, 0) is 86.4 Å². The number of aromatic nitrogens is 2. The van der Waals surface area contributed by atoms with Crippen molar-refractivity contribution in [3.63, 3.8) is 0 Å². The van der Waals surface area contributed by atoms with Crippen molar-refractivity contribution in [3.8, 4) is 23.0 Å². The second-order valence-electron chi connectivity index (χ2n) is 7.69. The molecule has 0 amide bonds. The fourth-order valence-electron chi connectivity index (χ4n) is 4.05. The Bertz CT molecular complexity index is 1060. The molecule has 0 spiro atoms. The van der Waals surface area contributed by atoms with Crippen molar-refractivity contribution >= 4 is 17.9 Å². The maximum absolute atomic E-state index is 10.8. The van der Waals surface area contributed by atoms with E-state index >= 15 is 0 Å². The third-order valence-electron chi connectivity index (χ3n) is 5.93. The Morgan fingerprint density at radius 1 is 0.933 bits per heavy atom. The fraction of sp³-hybridized carbons (Fsp3) is 0.348. The minimum Gasteiger partial charge on any atom is -0.497 e. The summed E-state index contributed by atoms with van der Waals surface area (Å²) in [6.07, 6.45) is 2.03. The molecule has 6 nitrogen and oxygen atoms in total. The highest BCUT2D eigenvalue weighted by Gasteiger charge is 2.20. The highest BCUT2D eigenvalue weighted by molar-refractivity contribution is 7.71. The fourth-order valence-corrected chi connectivity index (χ4v) is 4.48. The first kappa shape index (κ1) is 20.5. The van der Waals surface area contributed by atoms with E-state index in [9.17, 15) is 10.2 Å². The summed E-state index contributed by atoms with van der Waals surface area (Å²) in [6, 6.07) is 15.7. The van der Waals surface area contributed by atoms with Gasteiger partial charge in [0.05, 0.1) is 18.5 Å². The van der Waals surface area contributed by atoms with Crippen LogP contribution < -0.4 is 9.64 Å². The highest BCUT2D eigenvalue weighted by atomic mass is 32.1. The van der Waals surface area contributed by atoms with Gasteiger partial charge in [-0.15, -0.1) is 0 Å². The predicted octanol–water partition coefficient (Wildman–Crippen LogP) is 4.23. The molecule has 0 unspecified atom stereocenters. The summed E-state index contributed by atoms with van der Waals surface area (Å²) in [4.78, 5) is 2.35. The smallest absolute Gasteiger partial charge is 0.218 e. The van der Waals surface area contributed by atoms with Crippen LogP contribution >= 0.6 is 12.2 Å². The summed E-state index contributed by atoms with van der Waals surface area (Å²) < 4.78 is 9.27. The van der Waals surface area contributed by atoms with E-state index in [1.807, 2.05) is 47.9 Å². The number of imidazole rings is 1. The SMILES string of the molecule is COc1ccc(-n2c(O)c(C)n(-c3ccc(N4CCC(CO)CC4)cc3)c2=S)cc1. The van der Waals surface area contributed by atoms with Crippen molar-refractivity contribution in [1.82, 2.24) is 9.13 Å². The first-order valence-electron chi connectivity index (χ1n) is 10.2. The van der Waals surface area contributed by atoms with Gasteiger partial charge >= 0.3 is 0 Å². The number of piperidine rings is 1. The van der Waals surface area contributed by atoms with Gasteiger partial charge in [-0.3, -0.25) is 9.13 Å². The van der Waals surface area contributed by atoms with Gasteiger partial charge in [0.1, 0.15) is 5.75 Å². The Balaban J connectivity index is 1.63. The average Bonchev–Trinajstić information content (AvgIpc) is 3.02. The van der Waals surface area contributed by atoms with Crippen LogP contribution in [0.1, 0.15) is 18.5 Å². The maximum atomic E-state index is 10.8. The van der Waals surface area contributed by atoms with Crippen molar-refractivity contribution in [3.05, 3.63) is 59.0 Å². The molecule has 0 saturated carbocycles. The molecular weight excluding hydrogens is 398 g/mol. The molecule has 1 aliphatic heterocycles. The van der Waals surface area contributed by atoms with Crippen LogP contribution in [0.4, 0.5) is 5.69 Å². The van der Waals surface area contributed by atoms with Crippen molar-refractivity contribution in [1.29, 1.82) is 0 Å². The van der Waals surface area contributed by atoms with Crippen LogP contribution in [0.3, 0.4) is 0 Å². The Kier molecular flexibility index (Phi) is 5.83. The Hall–Kier alpha value is -2.77. The lowest BCUT2D eigenvalue weighted by atomic mass is 9.97. The molecule has 0 bridgehead atoms. The average molecular weight is 426 g/mol. The quantitative estimate of drug-likeness (QED) is 0.599. The summed E-state index contributed by atoms with van der Waals surface area (Å²) in [6.45, 7) is 4.05. The number of hydrogen-bond acceptors (Lipinski definition) is 5. The number of rotatable bonds is 5. The van der Waals surface area contributed by atoms with Gasteiger partial charge in [0.15, 0.2) is 4.77 Å². The number of anilines is 1. The maximum Gasteiger partial charge on any atom is 0.218 e. The van der Waals surface area contributed by atoms with Gasteiger partial charge in [0.25, 0.3) is 0 Å². The minimum atomic E-state index is 0.125. The predicted molar refractivity (Wildman–Crippen MR) is 121 cm³/mol. The number of aliphatic hydroxyl groups is 1. The van der Waals surface area contributed by atoms with Crippen molar-refractivity contribution in [2.45, 2.75) is 19.8 Å². The molecule has 2 aromatic carbocycles. The molecule has 2 N–H and O–H groups in total. The number of aromatic hydroxyl groups is 1. The van der Waals surface area contributed by atoms with Crippen molar-refractivity contribution in [2.75, 3.05) is 31.7 Å². The van der Waals surface area contributed by atoms with Gasteiger partial charge in [-0.2, -0.15) is 0 Å². The number of aliphatic hydroxyl groups excluding tert-OH is 1. The summed E-state index contributed by atoms with van der Waals surface area (Å²) in [5.41, 5.74) is 3.54. The lowest BCUT2D eigenvalue weighted by Gasteiger charge is -2.33. The van der Waals surface area contributed by atoms with E-state index < -0.39 is 0 Å². The minimum absolute atomic E-state index is 0.125. The van der Waals surface area contributed by atoms with Crippen molar-refractivity contribution in [2.24, 2.45) is 5.92 Å². The third-order valence-corrected chi connectivity index (χ3v) is 6.29. The standard InChI is InChI=1S/C23H27N3O3S/c1-16-22(28)26(20-7-9-21(29-2)10-8-20)23(30)25(16)19-5-3-18(4-6-19)24-13-11-17(15-27)12-14-24/h3-10,17,27-28H,11-15H2,1-2H3. The largest absolute Gasteiger partial charge is 0.497 e. The topological polar surface area (TPSA) is 62.8 Å². The van der Waals surface area contributed by atoms with Crippen LogP contribution in [-0.2, 0) is 0 Å². The molecule has 4 rings (SSSR count). The zero-order valence-electron chi connectivity index (χ0n) is 17.3. The van der Waals surface area contributed by atoms with Gasteiger partial charge < -0.3 is 19.8 Å². The zero-order chi connectivity index (χ0) is 21.3. The normalized spacial score (nSPS) is 14.8. The van der Waals surface area contributed by atoms with Crippen LogP contribution in [0.2, 0.25) is 0 Å². The lowest BCUT2D eigenvalue weighted by molar-refractivity contribution is 0.203. The lowest BCUT2D eigenvalue weighted by Crippen LogP contribution is -2.34. The molecule has 1 fully saturated rings. The van der Waals surface area contributed by atoms with Gasteiger partial charge in [0.2, 0.25) is 5.88 Å². The molecule has 1 aromatic heterocycles. The third kappa shape index (κ3) is 3.70. The molecule has 3 aromatic rings. The molecule has 0 radical (unpaired) electrons. The molecule has 2 heterocycles. The number of benzene rings is 2. The Morgan fingerprint density at radius 2 is 1.47 bits per heavy atom. The Labute approximate surface area is 181 Å². The molecule has 158 valence electrons. The Morgan fingerprint density at radius 3 is 2.03 bits per heavy atom. The van der Waals surface area contributed by atoms with E-state index in [-0.39, 0.29) is 12.5 Å². The van der Waals surface area contributed by atoms with Crippen LogP contribution in [-0.4, -0.2) is 46.2 Å². The summed E-state index contributed by atoms with van der Waals surface area (Å²) in [5.74, 6) is 1.29. The van der Waals surface area contributed by atoms with E-state index in [2.05, 4.69) is 17.0 Å². The summed E-state index contributed by atoms with van der Waals surface area (Å²) in [5, 5.41) is 20.1. The monoisotopic (exact) mass is 425 g/mol. The number of hydrogen-bond donors (Lipinski definition) is 2. The summed E-state index contributed by atoms with van der Waals surface area (Å²) in [7, 11) is 1.62. The zero-order valence-corrected chi connectivity index (χ0v) is 18.1. The number of methoxy groups -OCH3 is 1. The van der Waals surface area contributed by atoms with E-state index in [1.165, 1.54) is 0 Å². The molecule has 7 heteroatoms. The van der Waals surface area contributed by atoms with Crippen LogP contribution in [0.25, 0.3) is 11.4 Å². The van der Waals surface area contributed by atoms with E-state index in [4.69, 9.17) is 17.0 Å². The second kappa shape index (κ2) is 8.53. The molecule has 30 heavy (non-hydrogen) atoms. The second-order valence-corrected chi connectivity index (χ2v) is 8.05.